The molecule has 1 N–H and O–H groups in total. The average molecular weight is 611 g/mol. The third kappa shape index (κ3) is 7.10. The Bertz CT molecular complexity index is 1710. The Morgan fingerprint density at radius 2 is 1.36 bits per heavy atom. The summed E-state index contributed by atoms with van der Waals surface area (Å²) in [6.45, 7) is 6.82. The van der Waals surface area contributed by atoms with Crippen LogP contribution in [0.1, 0.15) is 34.7 Å². The van der Waals surface area contributed by atoms with Crippen LogP contribution < -0.4 is 24.4 Å². The number of rotatable bonds is 10. The van der Waals surface area contributed by atoms with E-state index in [1.807, 2.05) is 69.3 Å². The molecule has 0 unspecified atom stereocenters. The molecule has 8 nitrogen and oxygen atoms in total. The van der Waals surface area contributed by atoms with Crippen molar-refractivity contribution in [3.05, 3.63) is 123 Å². The van der Waals surface area contributed by atoms with Crippen molar-refractivity contribution < 1.29 is 28.6 Å². The highest BCUT2D eigenvalue weighted by atomic mass is 35.5. The molecule has 224 valence electrons. The summed E-state index contributed by atoms with van der Waals surface area (Å²) >= 11 is 6.59. The number of hydrogen-bond donors (Lipinski definition) is 1. The lowest BCUT2D eigenvalue weighted by atomic mass is 10.1. The van der Waals surface area contributed by atoms with Crippen LogP contribution >= 0.6 is 11.6 Å². The normalized spacial score (nSPS) is 14.0. The number of aryl methyl sites for hydroxylation is 2. The van der Waals surface area contributed by atoms with Gasteiger partial charge in [0.25, 0.3) is 11.8 Å². The van der Waals surface area contributed by atoms with Crippen molar-refractivity contribution >= 4 is 41.2 Å². The summed E-state index contributed by atoms with van der Waals surface area (Å²) in [6, 6.07) is 24.8. The molecule has 4 amide bonds. The number of anilines is 1. The summed E-state index contributed by atoms with van der Waals surface area (Å²) in [5, 5.41) is 2.48. The molecule has 1 aliphatic rings. The number of hydrogen-bond acceptors (Lipinski definition) is 6. The van der Waals surface area contributed by atoms with Crippen molar-refractivity contribution in [3.63, 3.8) is 0 Å². The van der Waals surface area contributed by atoms with Gasteiger partial charge >= 0.3 is 6.03 Å². The zero-order valence-corrected chi connectivity index (χ0v) is 25.3. The Morgan fingerprint density at radius 3 is 1.95 bits per heavy atom. The van der Waals surface area contributed by atoms with Gasteiger partial charge in [-0.2, -0.15) is 0 Å². The van der Waals surface area contributed by atoms with Crippen molar-refractivity contribution in [2.45, 2.75) is 34.0 Å². The molecule has 1 saturated heterocycles. The number of nitrogens with one attached hydrogen (secondary N) is 1. The van der Waals surface area contributed by atoms with Gasteiger partial charge in [0.1, 0.15) is 24.5 Å². The highest BCUT2D eigenvalue weighted by Crippen LogP contribution is 2.38. The van der Waals surface area contributed by atoms with E-state index in [9.17, 15) is 14.4 Å². The van der Waals surface area contributed by atoms with Crippen LogP contribution in [-0.2, 0) is 22.8 Å². The smallest absolute Gasteiger partial charge is 0.335 e. The second-order valence-corrected chi connectivity index (χ2v) is 10.7. The van der Waals surface area contributed by atoms with Gasteiger partial charge in [0, 0.05) is 0 Å². The molecular formula is C35H31ClN2O6. The minimum Gasteiger partial charge on any atom is -0.490 e. The Hall–Kier alpha value is -5.08. The Labute approximate surface area is 260 Å². The van der Waals surface area contributed by atoms with Crippen LogP contribution in [0.5, 0.6) is 17.2 Å². The number of urea groups is 1. The van der Waals surface area contributed by atoms with E-state index < -0.39 is 17.8 Å². The summed E-state index contributed by atoms with van der Waals surface area (Å²) in [5.41, 5.74) is 4.73. The molecule has 9 heteroatoms. The minimum atomic E-state index is -0.849. The van der Waals surface area contributed by atoms with Gasteiger partial charge < -0.3 is 14.2 Å². The summed E-state index contributed by atoms with van der Waals surface area (Å²) < 4.78 is 17.6. The topological polar surface area (TPSA) is 94.2 Å². The first-order valence-electron chi connectivity index (χ1n) is 14.1. The van der Waals surface area contributed by atoms with E-state index in [2.05, 4.69) is 5.32 Å². The highest BCUT2D eigenvalue weighted by molar-refractivity contribution is 6.39. The maximum Gasteiger partial charge on any atom is 0.335 e. The van der Waals surface area contributed by atoms with Gasteiger partial charge in [-0.05, 0) is 79.9 Å². The largest absolute Gasteiger partial charge is 0.490 e. The standard InChI is InChI=1S/C35H31ClN2O6/c1-4-42-31-19-26(18-30(36)32(31)44-21-25-11-7-23(3)8-12-25)17-29-33(39)37-35(41)38(34(29)40)27-13-15-28(16-14-27)43-20-24-9-5-22(2)6-10-24/h5-19H,4,20-21H2,1-3H3,(H,37,39,41)/b29-17+. The molecule has 0 atom stereocenters. The molecule has 0 radical (unpaired) electrons. The fraction of sp³-hybridized carbons (Fsp3) is 0.171. The first-order chi connectivity index (χ1) is 21.2. The fourth-order valence-corrected chi connectivity index (χ4v) is 4.79. The summed E-state index contributed by atoms with van der Waals surface area (Å²) in [6.07, 6.45) is 1.37. The number of carbonyl (C=O) groups is 3. The predicted molar refractivity (Wildman–Crippen MR) is 169 cm³/mol. The lowest BCUT2D eigenvalue weighted by molar-refractivity contribution is -0.122. The van der Waals surface area contributed by atoms with E-state index >= 15 is 0 Å². The highest BCUT2D eigenvalue weighted by Gasteiger charge is 2.37. The lowest BCUT2D eigenvalue weighted by Gasteiger charge is -2.26. The SMILES string of the molecule is CCOc1cc(/C=C2\C(=O)NC(=O)N(c3ccc(OCc4ccc(C)cc4)cc3)C2=O)cc(Cl)c1OCc1ccc(C)cc1. The number of ether oxygens (including phenoxy) is 3. The maximum atomic E-state index is 13.5. The van der Waals surface area contributed by atoms with E-state index in [4.69, 9.17) is 25.8 Å². The molecule has 4 aromatic carbocycles. The lowest BCUT2D eigenvalue weighted by Crippen LogP contribution is -2.54. The maximum absolute atomic E-state index is 13.5. The zero-order chi connectivity index (χ0) is 31.2. The third-order valence-electron chi connectivity index (χ3n) is 6.87. The Balaban J connectivity index is 1.35. The molecule has 0 bridgehead atoms. The van der Waals surface area contributed by atoms with Crippen molar-refractivity contribution in [2.75, 3.05) is 11.5 Å². The number of carbonyl (C=O) groups excluding carboxylic acids is 3. The summed E-state index contributed by atoms with van der Waals surface area (Å²) in [7, 11) is 0. The average Bonchev–Trinajstić information content (AvgIpc) is 3.00. The number of imide groups is 2. The van der Waals surface area contributed by atoms with Crippen molar-refractivity contribution in [2.24, 2.45) is 0 Å². The van der Waals surface area contributed by atoms with Gasteiger partial charge in [-0.3, -0.25) is 14.9 Å². The molecule has 5 rings (SSSR count). The first kappa shape index (κ1) is 30.4. The molecule has 0 aliphatic carbocycles. The van der Waals surface area contributed by atoms with Gasteiger partial charge in [0.2, 0.25) is 0 Å². The molecule has 1 heterocycles. The number of nitrogens with zero attached hydrogens (tertiary/aromatic N) is 1. The van der Waals surface area contributed by atoms with Crippen LogP contribution in [-0.4, -0.2) is 24.5 Å². The molecule has 44 heavy (non-hydrogen) atoms. The summed E-state index contributed by atoms with van der Waals surface area (Å²) in [5.74, 6) is -0.327. The van der Waals surface area contributed by atoms with Crippen LogP contribution in [0.25, 0.3) is 6.08 Å². The van der Waals surface area contributed by atoms with Crippen LogP contribution in [0.15, 0.2) is 90.5 Å². The number of barbiturate groups is 1. The molecule has 0 spiro atoms. The van der Waals surface area contributed by atoms with Gasteiger partial charge in [-0.15, -0.1) is 0 Å². The number of benzene rings is 4. The van der Waals surface area contributed by atoms with Crippen LogP contribution in [0.4, 0.5) is 10.5 Å². The van der Waals surface area contributed by atoms with Crippen molar-refractivity contribution in [1.29, 1.82) is 0 Å². The monoisotopic (exact) mass is 610 g/mol. The van der Waals surface area contributed by atoms with Gasteiger partial charge in [0.05, 0.1) is 17.3 Å². The van der Waals surface area contributed by atoms with E-state index in [1.54, 1.807) is 36.4 Å². The first-order valence-corrected chi connectivity index (χ1v) is 14.4. The van der Waals surface area contributed by atoms with Crippen molar-refractivity contribution in [1.82, 2.24) is 5.32 Å². The van der Waals surface area contributed by atoms with Crippen molar-refractivity contribution in [3.8, 4) is 17.2 Å². The Kier molecular flexibility index (Phi) is 9.31. The predicted octanol–water partition coefficient (Wildman–Crippen LogP) is 7.18. The molecule has 1 fully saturated rings. The third-order valence-corrected chi connectivity index (χ3v) is 7.15. The molecule has 1 aliphatic heterocycles. The molecule has 0 saturated carbocycles. The zero-order valence-electron chi connectivity index (χ0n) is 24.6. The van der Waals surface area contributed by atoms with E-state index in [-0.39, 0.29) is 22.9 Å². The van der Waals surface area contributed by atoms with E-state index in [0.717, 1.165) is 27.2 Å². The quantitative estimate of drug-likeness (QED) is 0.151. The van der Waals surface area contributed by atoms with E-state index in [1.165, 1.54) is 6.08 Å². The van der Waals surface area contributed by atoms with Crippen LogP contribution in [0.3, 0.4) is 0 Å². The van der Waals surface area contributed by atoms with Gasteiger partial charge in [-0.1, -0.05) is 71.3 Å². The fourth-order valence-electron chi connectivity index (χ4n) is 4.52. The van der Waals surface area contributed by atoms with Crippen LogP contribution in [0, 0.1) is 13.8 Å². The molecule has 0 aromatic heterocycles. The number of amides is 4. The Morgan fingerprint density at radius 1 is 0.773 bits per heavy atom. The molecular weight excluding hydrogens is 580 g/mol. The second-order valence-electron chi connectivity index (χ2n) is 10.3. The van der Waals surface area contributed by atoms with Crippen LogP contribution in [0.2, 0.25) is 5.02 Å². The van der Waals surface area contributed by atoms with Gasteiger partial charge in [0.15, 0.2) is 11.5 Å². The molecule has 4 aromatic rings. The second kappa shape index (κ2) is 13.5. The summed E-state index contributed by atoms with van der Waals surface area (Å²) in [4.78, 5) is 39.9. The number of halogens is 1. The van der Waals surface area contributed by atoms with Gasteiger partial charge in [-0.25, -0.2) is 9.69 Å². The van der Waals surface area contributed by atoms with E-state index in [0.29, 0.717) is 36.0 Å². The minimum absolute atomic E-state index is 0.240.